The van der Waals surface area contributed by atoms with Gasteiger partial charge in [0.1, 0.15) is 0 Å². The molecular formula is C25H43N7O4. The minimum Gasteiger partial charge on any atom is -0.468 e. The van der Waals surface area contributed by atoms with Crippen LogP contribution in [0.25, 0.3) is 11.2 Å². The van der Waals surface area contributed by atoms with Gasteiger partial charge >= 0.3 is 12.1 Å². The lowest BCUT2D eigenvalue weighted by molar-refractivity contribution is 0.0687. The number of aromatic nitrogens is 4. The van der Waals surface area contributed by atoms with Crippen molar-refractivity contribution in [2.75, 3.05) is 52.2 Å². The van der Waals surface area contributed by atoms with Gasteiger partial charge in [-0.25, -0.2) is 4.79 Å². The van der Waals surface area contributed by atoms with Gasteiger partial charge in [0, 0.05) is 32.7 Å². The van der Waals surface area contributed by atoms with E-state index >= 15 is 0 Å². The van der Waals surface area contributed by atoms with Gasteiger partial charge in [0.25, 0.3) is 6.01 Å². The molecule has 1 aliphatic rings. The average Bonchev–Trinajstić information content (AvgIpc) is 3.21. The molecule has 3 rings (SSSR count). The summed E-state index contributed by atoms with van der Waals surface area (Å²) in [5.74, 6) is 0.646. The fraction of sp³-hybridized carbons (Fsp3) is 0.760. The molecular weight excluding hydrogens is 462 g/mol. The first-order chi connectivity index (χ1) is 17.3. The van der Waals surface area contributed by atoms with Crippen LogP contribution in [0.1, 0.15) is 59.8 Å². The van der Waals surface area contributed by atoms with Gasteiger partial charge in [-0.15, -0.1) is 0 Å². The quantitative estimate of drug-likeness (QED) is 0.407. The Balaban J connectivity index is 1.47. The molecule has 1 amide bonds. The molecule has 2 aromatic heterocycles. The van der Waals surface area contributed by atoms with E-state index in [1.54, 1.807) is 7.11 Å². The van der Waals surface area contributed by atoms with E-state index in [2.05, 4.69) is 26.8 Å². The Morgan fingerprint density at radius 3 is 2.42 bits per heavy atom. The first-order valence-electron chi connectivity index (χ1n) is 13.2. The molecule has 0 aliphatic carbocycles. The first kappa shape index (κ1) is 27.8. The lowest BCUT2D eigenvalue weighted by Crippen LogP contribution is -2.49. The largest absolute Gasteiger partial charge is 0.468 e. The highest BCUT2D eigenvalue weighted by molar-refractivity contribution is 5.83. The molecule has 202 valence electrons. The maximum atomic E-state index is 12.1. The molecule has 0 saturated carbocycles. The minimum atomic E-state index is -0.192. The Kier molecular flexibility index (Phi) is 10.4. The lowest BCUT2D eigenvalue weighted by Gasteiger charge is -2.34. The summed E-state index contributed by atoms with van der Waals surface area (Å²) in [6.45, 7) is 13.6. The van der Waals surface area contributed by atoms with Crippen molar-refractivity contribution < 1.29 is 19.0 Å². The van der Waals surface area contributed by atoms with Crippen molar-refractivity contribution >= 4 is 23.1 Å². The number of carbonyl (C=O) groups excluding carboxylic acids is 1. The summed E-state index contributed by atoms with van der Waals surface area (Å²) in [6.07, 6.45) is 4.84. The second-order valence-corrected chi connectivity index (χ2v) is 9.89. The molecule has 0 radical (unpaired) electrons. The maximum absolute atomic E-state index is 12.1. The van der Waals surface area contributed by atoms with Gasteiger partial charge < -0.3 is 24.8 Å². The number of amides is 1. The van der Waals surface area contributed by atoms with Crippen LogP contribution < -0.4 is 15.2 Å². The van der Waals surface area contributed by atoms with E-state index in [1.807, 2.05) is 30.2 Å². The molecule has 2 N–H and O–H groups in total. The monoisotopic (exact) mass is 505 g/mol. The van der Waals surface area contributed by atoms with Crippen LogP contribution >= 0.6 is 0 Å². The number of rotatable bonds is 13. The van der Waals surface area contributed by atoms with Gasteiger partial charge in [-0.3, -0.25) is 9.47 Å². The third-order valence-corrected chi connectivity index (χ3v) is 6.28. The number of nitrogen functional groups attached to an aromatic ring is 1. The number of methoxy groups -OCH3 is 1. The SMILES string of the molecule is CCC[C@H](C)Oc1nc(N)c2nc(OC)n(CCCCCN3CCN(C(=O)OCC(C)C)CC3)c2n1. The van der Waals surface area contributed by atoms with Crippen molar-refractivity contribution in [3.8, 4) is 12.0 Å². The summed E-state index contributed by atoms with van der Waals surface area (Å²) in [5, 5.41) is 0. The molecule has 0 bridgehead atoms. The zero-order valence-corrected chi connectivity index (χ0v) is 22.5. The van der Waals surface area contributed by atoms with Gasteiger partial charge in [0.15, 0.2) is 17.0 Å². The number of nitrogens with two attached hydrogens (primary N) is 1. The topological polar surface area (TPSA) is 121 Å². The summed E-state index contributed by atoms with van der Waals surface area (Å²) >= 11 is 0. The van der Waals surface area contributed by atoms with E-state index in [1.165, 1.54) is 0 Å². The van der Waals surface area contributed by atoms with Crippen molar-refractivity contribution in [1.29, 1.82) is 0 Å². The fourth-order valence-corrected chi connectivity index (χ4v) is 4.30. The predicted molar refractivity (Wildman–Crippen MR) is 139 cm³/mol. The second kappa shape index (κ2) is 13.5. The Morgan fingerprint density at radius 1 is 1.03 bits per heavy atom. The zero-order valence-electron chi connectivity index (χ0n) is 22.5. The normalized spacial score (nSPS) is 15.4. The molecule has 3 heterocycles. The van der Waals surface area contributed by atoms with Gasteiger partial charge in [-0.2, -0.15) is 15.0 Å². The van der Waals surface area contributed by atoms with E-state index in [4.69, 9.17) is 19.9 Å². The zero-order chi connectivity index (χ0) is 26.1. The number of carbonyl (C=O) groups is 1. The number of ether oxygens (including phenoxy) is 3. The Bertz CT molecular complexity index is 973. The predicted octanol–water partition coefficient (Wildman–Crippen LogP) is 3.57. The summed E-state index contributed by atoms with van der Waals surface area (Å²) in [7, 11) is 1.60. The molecule has 1 saturated heterocycles. The maximum Gasteiger partial charge on any atom is 0.409 e. The highest BCUT2D eigenvalue weighted by atomic mass is 16.6. The highest BCUT2D eigenvalue weighted by Gasteiger charge is 2.22. The minimum absolute atomic E-state index is 0.0117. The number of unbranched alkanes of at least 4 members (excludes halogenated alkanes) is 2. The number of hydrogen-bond acceptors (Lipinski definition) is 9. The average molecular weight is 506 g/mol. The van der Waals surface area contributed by atoms with Gasteiger partial charge in [0.05, 0.1) is 19.8 Å². The molecule has 11 nitrogen and oxygen atoms in total. The Morgan fingerprint density at radius 2 is 1.75 bits per heavy atom. The number of nitrogens with zero attached hydrogens (tertiary/aromatic N) is 6. The molecule has 36 heavy (non-hydrogen) atoms. The highest BCUT2D eigenvalue weighted by Crippen LogP contribution is 2.26. The summed E-state index contributed by atoms with van der Waals surface area (Å²) in [4.78, 5) is 29.7. The third-order valence-electron chi connectivity index (χ3n) is 6.28. The fourth-order valence-electron chi connectivity index (χ4n) is 4.30. The standard InChI is InChI=1S/C25H43N7O4/c1-6-10-19(4)36-23-28-21(26)20-22(29-23)32(24(27-20)34-5)12-9-7-8-11-30-13-15-31(16-14-30)25(33)35-17-18(2)3/h18-19H,6-17H2,1-5H3,(H2,26,28,29)/t19-/m0/s1. The summed E-state index contributed by atoms with van der Waals surface area (Å²) < 4.78 is 18.7. The van der Waals surface area contributed by atoms with Crippen LogP contribution in [-0.4, -0.2) is 88.0 Å². The van der Waals surface area contributed by atoms with Crippen molar-refractivity contribution in [2.24, 2.45) is 5.92 Å². The molecule has 0 unspecified atom stereocenters. The number of piperazine rings is 1. The van der Waals surface area contributed by atoms with Crippen LogP contribution in [0.5, 0.6) is 12.0 Å². The molecule has 2 aromatic rings. The third kappa shape index (κ3) is 7.59. The van der Waals surface area contributed by atoms with Crippen molar-refractivity contribution in [3.05, 3.63) is 0 Å². The van der Waals surface area contributed by atoms with E-state index in [0.717, 1.165) is 71.4 Å². The molecule has 1 fully saturated rings. The van der Waals surface area contributed by atoms with Crippen LogP contribution in [0.15, 0.2) is 0 Å². The second-order valence-electron chi connectivity index (χ2n) is 9.89. The van der Waals surface area contributed by atoms with Crippen molar-refractivity contribution in [3.63, 3.8) is 0 Å². The molecule has 1 aliphatic heterocycles. The molecule has 1 atom stereocenters. The summed E-state index contributed by atoms with van der Waals surface area (Å²) in [6, 6.07) is 0.752. The number of fused-ring (bicyclic) bond motifs is 1. The van der Waals surface area contributed by atoms with E-state index < -0.39 is 0 Å². The van der Waals surface area contributed by atoms with Crippen molar-refractivity contribution in [1.82, 2.24) is 29.3 Å². The summed E-state index contributed by atoms with van der Waals surface area (Å²) in [5.41, 5.74) is 7.33. The number of anilines is 1. The van der Waals surface area contributed by atoms with E-state index in [-0.39, 0.29) is 18.2 Å². The van der Waals surface area contributed by atoms with Crippen LogP contribution in [-0.2, 0) is 11.3 Å². The number of imidazole rings is 1. The smallest absolute Gasteiger partial charge is 0.409 e. The molecule has 0 aromatic carbocycles. The van der Waals surface area contributed by atoms with Gasteiger partial charge in [-0.05, 0) is 38.6 Å². The van der Waals surface area contributed by atoms with E-state index in [9.17, 15) is 4.79 Å². The lowest BCUT2D eigenvalue weighted by atomic mass is 10.2. The van der Waals surface area contributed by atoms with Gasteiger partial charge in [-0.1, -0.05) is 33.6 Å². The van der Waals surface area contributed by atoms with Crippen LogP contribution in [0.2, 0.25) is 0 Å². The van der Waals surface area contributed by atoms with E-state index in [0.29, 0.717) is 35.5 Å². The number of aryl methyl sites for hydroxylation is 1. The molecule has 0 spiro atoms. The Labute approximate surface area is 214 Å². The van der Waals surface area contributed by atoms with Crippen LogP contribution in [0.4, 0.5) is 10.6 Å². The van der Waals surface area contributed by atoms with Crippen LogP contribution in [0, 0.1) is 5.92 Å². The van der Waals surface area contributed by atoms with Crippen molar-refractivity contribution in [2.45, 2.75) is 72.4 Å². The first-order valence-corrected chi connectivity index (χ1v) is 13.2. The Hall–Kier alpha value is -2.82. The van der Waals surface area contributed by atoms with Crippen LogP contribution in [0.3, 0.4) is 0 Å². The molecule has 11 heteroatoms. The van der Waals surface area contributed by atoms with Gasteiger partial charge in [0.2, 0.25) is 0 Å². The number of hydrogen-bond donors (Lipinski definition) is 1.